The number of nitrogens with zero attached hydrogens (tertiary/aromatic N) is 1. The van der Waals surface area contributed by atoms with E-state index >= 15 is 0 Å². The van der Waals surface area contributed by atoms with Gasteiger partial charge in [-0.3, -0.25) is 9.59 Å². The molecule has 1 aliphatic rings. The first kappa shape index (κ1) is 15.6. The third kappa shape index (κ3) is 4.63. The molecule has 0 bridgehead atoms. The second-order valence-electron chi connectivity index (χ2n) is 5.16. The number of halogens is 1. The smallest absolute Gasteiger partial charge is 0.303 e. The zero-order valence-corrected chi connectivity index (χ0v) is 12.4. The second-order valence-corrected chi connectivity index (χ2v) is 5.57. The van der Waals surface area contributed by atoms with Gasteiger partial charge in [-0.1, -0.05) is 23.7 Å². The fraction of sp³-hybridized carbons (Fsp3) is 0.467. The molecule has 0 saturated carbocycles. The van der Waals surface area contributed by atoms with E-state index in [9.17, 15) is 9.59 Å². The summed E-state index contributed by atoms with van der Waals surface area (Å²) in [5, 5.41) is 9.30. The standard InChI is InChI=1S/C15H18ClNO4/c16-12-5-1-2-6-13(12)21-10-14(18)17-7-3-4-11(9-17)8-15(19)20/h1-2,5-6,11H,3-4,7-10H2,(H,19,20). The van der Waals surface area contributed by atoms with Gasteiger partial charge >= 0.3 is 5.97 Å². The van der Waals surface area contributed by atoms with Crippen LogP contribution in [0.2, 0.25) is 5.02 Å². The van der Waals surface area contributed by atoms with Gasteiger partial charge in [0.2, 0.25) is 0 Å². The van der Waals surface area contributed by atoms with E-state index in [0.29, 0.717) is 23.9 Å². The molecule has 0 radical (unpaired) electrons. The molecule has 0 aliphatic carbocycles. The lowest BCUT2D eigenvalue weighted by Gasteiger charge is -2.32. The molecule has 0 spiro atoms. The number of likely N-dealkylation sites (tertiary alicyclic amines) is 1. The molecule has 1 atom stereocenters. The van der Waals surface area contributed by atoms with E-state index in [1.807, 2.05) is 0 Å². The predicted octanol–water partition coefficient (Wildman–Crippen LogP) is 2.43. The summed E-state index contributed by atoms with van der Waals surface area (Å²) < 4.78 is 5.43. The fourth-order valence-electron chi connectivity index (χ4n) is 2.50. The second kappa shape index (κ2) is 7.31. The molecule has 2 rings (SSSR count). The molecule has 1 heterocycles. The average molecular weight is 312 g/mol. The molecule has 6 heteroatoms. The summed E-state index contributed by atoms with van der Waals surface area (Å²) in [5.41, 5.74) is 0. The first-order valence-electron chi connectivity index (χ1n) is 6.93. The third-order valence-corrected chi connectivity index (χ3v) is 3.84. The Labute approximate surface area is 128 Å². The van der Waals surface area contributed by atoms with Gasteiger partial charge in [0.1, 0.15) is 5.75 Å². The van der Waals surface area contributed by atoms with Gasteiger partial charge in [0.05, 0.1) is 5.02 Å². The average Bonchev–Trinajstić information content (AvgIpc) is 2.45. The van der Waals surface area contributed by atoms with Crippen LogP contribution in [0.1, 0.15) is 19.3 Å². The van der Waals surface area contributed by atoms with E-state index in [0.717, 1.165) is 12.8 Å². The Bertz CT molecular complexity index is 520. The first-order valence-corrected chi connectivity index (χ1v) is 7.31. The highest BCUT2D eigenvalue weighted by molar-refractivity contribution is 6.32. The number of carbonyl (C=O) groups is 2. The lowest BCUT2D eigenvalue weighted by atomic mass is 9.95. The van der Waals surface area contributed by atoms with Crippen molar-refractivity contribution in [2.24, 2.45) is 5.92 Å². The van der Waals surface area contributed by atoms with Gasteiger partial charge in [-0.15, -0.1) is 0 Å². The molecule has 1 amide bonds. The van der Waals surface area contributed by atoms with E-state index in [1.54, 1.807) is 29.2 Å². The van der Waals surface area contributed by atoms with E-state index < -0.39 is 5.97 Å². The number of carboxylic acid groups (broad SMARTS) is 1. The molecule has 1 unspecified atom stereocenters. The summed E-state index contributed by atoms with van der Waals surface area (Å²) in [6.45, 7) is 1.06. The molecular formula is C15H18ClNO4. The molecule has 1 fully saturated rings. The summed E-state index contributed by atoms with van der Waals surface area (Å²) in [6, 6.07) is 6.98. The van der Waals surface area contributed by atoms with Gasteiger partial charge in [-0.05, 0) is 30.9 Å². The Kier molecular flexibility index (Phi) is 5.44. The Morgan fingerprint density at radius 3 is 2.86 bits per heavy atom. The van der Waals surface area contributed by atoms with Crippen molar-refractivity contribution in [2.75, 3.05) is 19.7 Å². The number of para-hydroxylation sites is 1. The number of benzene rings is 1. The van der Waals surface area contributed by atoms with Crippen molar-refractivity contribution in [1.82, 2.24) is 4.90 Å². The zero-order chi connectivity index (χ0) is 15.2. The monoisotopic (exact) mass is 311 g/mol. The highest BCUT2D eigenvalue weighted by atomic mass is 35.5. The van der Waals surface area contributed by atoms with Gasteiger partial charge in [-0.2, -0.15) is 0 Å². The Balaban J connectivity index is 1.85. The van der Waals surface area contributed by atoms with Crippen molar-refractivity contribution in [3.8, 4) is 5.75 Å². The molecule has 1 aromatic rings. The third-order valence-electron chi connectivity index (χ3n) is 3.52. The maximum absolute atomic E-state index is 12.1. The van der Waals surface area contributed by atoms with Gasteiger partial charge in [0.25, 0.3) is 5.91 Å². The van der Waals surface area contributed by atoms with E-state index in [4.69, 9.17) is 21.4 Å². The Hall–Kier alpha value is -1.75. The van der Waals surface area contributed by atoms with Crippen molar-refractivity contribution < 1.29 is 19.4 Å². The predicted molar refractivity (Wildman–Crippen MR) is 78.5 cm³/mol. The van der Waals surface area contributed by atoms with Crippen molar-refractivity contribution >= 4 is 23.5 Å². The molecule has 114 valence electrons. The highest BCUT2D eigenvalue weighted by Crippen LogP contribution is 2.24. The lowest BCUT2D eigenvalue weighted by molar-refractivity contribution is -0.141. The minimum absolute atomic E-state index is 0.0283. The van der Waals surface area contributed by atoms with E-state index in [1.165, 1.54) is 0 Å². The molecule has 5 nitrogen and oxygen atoms in total. The Morgan fingerprint density at radius 2 is 2.14 bits per heavy atom. The van der Waals surface area contributed by atoms with Crippen molar-refractivity contribution in [2.45, 2.75) is 19.3 Å². The number of amides is 1. The zero-order valence-electron chi connectivity index (χ0n) is 11.6. The fourth-order valence-corrected chi connectivity index (χ4v) is 2.69. The maximum atomic E-state index is 12.1. The van der Waals surface area contributed by atoms with Crippen molar-refractivity contribution in [3.05, 3.63) is 29.3 Å². The molecule has 1 saturated heterocycles. The topological polar surface area (TPSA) is 66.8 Å². The molecule has 1 aromatic carbocycles. The minimum atomic E-state index is -0.818. The van der Waals surface area contributed by atoms with Crippen molar-refractivity contribution in [3.63, 3.8) is 0 Å². The number of rotatable bonds is 5. The highest BCUT2D eigenvalue weighted by Gasteiger charge is 2.25. The molecule has 1 N–H and O–H groups in total. The number of carboxylic acids is 1. The number of ether oxygens (including phenoxy) is 1. The Morgan fingerprint density at radius 1 is 1.38 bits per heavy atom. The first-order chi connectivity index (χ1) is 10.1. The van der Waals surface area contributed by atoms with Crippen LogP contribution in [0.5, 0.6) is 5.75 Å². The van der Waals surface area contributed by atoms with Crippen LogP contribution in [-0.2, 0) is 9.59 Å². The maximum Gasteiger partial charge on any atom is 0.303 e. The number of piperidine rings is 1. The summed E-state index contributed by atoms with van der Waals surface area (Å²) in [7, 11) is 0. The van der Waals surface area contributed by atoms with E-state index in [2.05, 4.69) is 0 Å². The number of carbonyl (C=O) groups excluding carboxylic acids is 1. The van der Waals surface area contributed by atoms with Gasteiger partial charge in [0.15, 0.2) is 6.61 Å². The SMILES string of the molecule is O=C(O)CC1CCCN(C(=O)COc2ccccc2Cl)C1. The van der Waals surface area contributed by atoms with Crippen LogP contribution < -0.4 is 4.74 Å². The van der Waals surface area contributed by atoms with Crippen molar-refractivity contribution in [1.29, 1.82) is 0 Å². The van der Waals surface area contributed by atoms with Crippen LogP contribution in [-0.4, -0.2) is 41.6 Å². The number of aliphatic carboxylic acids is 1. The molecule has 21 heavy (non-hydrogen) atoms. The normalized spacial score (nSPS) is 18.3. The summed E-state index contributed by atoms with van der Waals surface area (Å²) >= 11 is 5.96. The number of hydrogen-bond donors (Lipinski definition) is 1. The van der Waals surface area contributed by atoms with Crippen LogP contribution in [0.25, 0.3) is 0 Å². The molecule has 0 aromatic heterocycles. The number of hydrogen-bond acceptors (Lipinski definition) is 3. The molecule has 1 aliphatic heterocycles. The van der Waals surface area contributed by atoms with E-state index in [-0.39, 0.29) is 24.9 Å². The van der Waals surface area contributed by atoms with Gasteiger partial charge in [-0.25, -0.2) is 0 Å². The summed E-state index contributed by atoms with van der Waals surface area (Å²) in [5.74, 6) is -0.446. The molecular weight excluding hydrogens is 294 g/mol. The lowest BCUT2D eigenvalue weighted by Crippen LogP contribution is -2.42. The van der Waals surface area contributed by atoms with Crippen LogP contribution in [0.4, 0.5) is 0 Å². The minimum Gasteiger partial charge on any atom is -0.482 e. The summed E-state index contributed by atoms with van der Waals surface area (Å²) in [6.07, 6.45) is 1.78. The largest absolute Gasteiger partial charge is 0.482 e. The van der Waals surface area contributed by atoms with Crippen LogP contribution in [0.15, 0.2) is 24.3 Å². The quantitative estimate of drug-likeness (QED) is 0.907. The van der Waals surface area contributed by atoms with Crippen LogP contribution in [0, 0.1) is 5.92 Å². The summed E-state index contributed by atoms with van der Waals surface area (Å²) in [4.78, 5) is 24.5. The van der Waals surface area contributed by atoms with Gasteiger partial charge < -0.3 is 14.7 Å². The van der Waals surface area contributed by atoms with Crippen LogP contribution >= 0.6 is 11.6 Å². The van der Waals surface area contributed by atoms with Gasteiger partial charge in [0, 0.05) is 19.5 Å². The van der Waals surface area contributed by atoms with Crippen LogP contribution in [0.3, 0.4) is 0 Å².